The predicted octanol–water partition coefficient (Wildman–Crippen LogP) is 3.92. The summed E-state index contributed by atoms with van der Waals surface area (Å²) >= 11 is 1.42. The van der Waals surface area contributed by atoms with Gasteiger partial charge in [-0.3, -0.25) is 9.69 Å². The number of amidine groups is 1. The fourth-order valence-corrected chi connectivity index (χ4v) is 4.16. The quantitative estimate of drug-likeness (QED) is 0.609. The number of nitrogens with zero attached hydrogens (tertiary/aromatic N) is 3. The molecule has 0 unspecified atom stereocenters. The van der Waals surface area contributed by atoms with Crippen molar-refractivity contribution in [3.8, 4) is 0 Å². The molecule has 0 spiro atoms. The molecule has 7 nitrogen and oxygen atoms in total. The van der Waals surface area contributed by atoms with Crippen molar-refractivity contribution in [3.05, 3.63) is 72.2 Å². The van der Waals surface area contributed by atoms with Crippen LogP contribution in [0.25, 0.3) is 0 Å². The Balaban J connectivity index is 1.63. The summed E-state index contributed by atoms with van der Waals surface area (Å²) in [5, 5.41) is 14.2. The molecule has 1 aromatic heterocycles. The van der Waals surface area contributed by atoms with E-state index in [9.17, 15) is 9.90 Å². The molecule has 8 heteroatoms. The maximum atomic E-state index is 12.7. The van der Waals surface area contributed by atoms with Crippen molar-refractivity contribution in [2.75, 3.05) is 16.0 Å². The molecule has 3 N–H and O–H groups in total. The zero-order chi connectivity index (χ0) is 20.4. The Bertz CT molecular complexity index is 1040. The van der Waals surface area contributed by atoms with E-state index < -0.39 is 5.72 Å². The Labute approximate surface area is 172 Å². The zero-order valence-electron chi connectivity index (χ0n) is 16.1. The first kappa shape index (κ1) is 19.2. The highest BCUT2D eigenvalue weighted by atomic mass is 32.2. The molecular weight excluding hydrogens is 386 g/mol. The standard InChI is InChI=1S/C21H21N5O2S/c1-14-8-10-15(11-9-14)24-19(27)17-18(23-13-22-17)25-20-26(21(2,28)12-29-20)16-6-4-3-5-7-16/h3-11,13,28H,12H2,1-2H3,(H,22,23)(H,24,27)/t21-/m0/s1. The smallest absolute Gasteiger partial charge is 0.276 e. The lowest BCUT2D eigenvalue weighted by Crippen LogP contribution is -2.45. The Morgan fingerprint density at radius 3 is 2.69 bits per heavy atom. The van der Waals surface area contributed by atoms with Crippen LogP contribution in [-0.2, 0) is 0 Å². The van der Waals surface area contributed by atoms with Gasteiger partial charge in [-0.15, -0.1) is 0 Å². The van der Waals surface area contributed by atoms with Gasteiger partial charge in [0.05, 0.1) is 6.33 Å². The second-order valence-corrected chi connectivity index (χ2v) is 7.93. The maximum absolute atomic E-state index is 12.7. The van der Waals surface area contributed by atoms with Crippen molar-refractivity contribution < 1.29 is 9.90 Å². The van der Waals surface area contributed by atoms with Gasteiger partial charge in [0.25, 0.3) is 5.91 Å². The molecule has 1 saturated heterocycles. The molecule has 148 valence electrons. The lowest BCUT2D eigenvalue weighted by molar-refractivity contribution is 0.0995. The molecule has 0 bridgehead atoms. The van der Waals surface area contributed by atoms with E-state index in [0.29, 0.717) is 16.6 Å². The van der Waals surface area contributed by atoms with Gasteiger partial charge in [-0.1, -0.05) is 47.7 Å². The number of imidazole rings is 1. The van der Waals surface area contributed by atoms with E-state index in [1.807, 2.05) is 61.5 Å². The molecule has 1 aliphatic rings. The zero-order valence-corrected chi connectivity index (χ0v) is 16.9. The van der Waals surface area contributed by atoms with Gasteiger partial charge in [0, 0.05) is 17.1 Å². The summed E-state index contributed by atoms with van der Waals surface area (Å²) < 4.78 is 0. The topological polar surface area (TPSA) is 93.6 Å². The predicted molar refractivity (Wildman–Crippen MR) is 117 cm³/mol. The number of benzene rings is 2. The molecule has 3 aromatic rings. The number of aliphatic hydroxyl groups is 1. The molecular formula is C21H21N5O2S. The molecule has 1 amide bonds. The number of hydrogen-bond acceptors (Lipinski definition) is 5. The molecule has 0 aliphatic carbocycles. The van der Waals surface area contributed by atoms with Gasteiger partial charge in [-0.25, -0.2) is 9.98 Å². The first-order valence-corrected chi connectivity index (χ1v) is 10.1. The minimum absolute atomic E-state index is 0.262. The van der Waals surface area contributed by atoms with E-state index >= 15 is 0 Å². The number of amides is 1. The van der Waals surface area contributed by atoms with Crippen molar-refractivity contribution in [1.29, 1.82) is 0 Å². The summed E-state index contributed by atoms with van der Waals surface area (Å²) in [4.78, 5) is 26.1. The highest BCUT2D eigenvalue weighted by Crippen LogP contribution is 2.37. The molecule has 4 rings (SSSR count). The van der Waals surface area contributed by atoms with Crippen LogP contribution in [0.1, 0.15) is 23.0 Å². The van der Waals surface area contributed by atoms with E-state index in [2.05, 4.69) is 20.3 Å². The summed E-state index contributed by atoms with van der Waals surface area (Å²) in [5.41, 5.74) is 1.80. The molecule has 1 atom stereocenters. The Kier molecular flexibility index (Phi) is 5.12. The third-order valence-corrected chi connectivity index (χ3v) is 5.74. The number of aromatic nitrogens is 2. The first-order chi connectivity index (χ1) is 13.9. The normalized spacial score (nSPS) is 20.2. The third kappa shape index (κ3) is 4.03. The highest BCUT2D eigenvalue weighted by molar-refractivity contribution is 8.14. The van der Waals surface area contributed by atoms with Crippen molar-refractivity contribution in [2.45, 2.75) is 19.6 Å². The van der Waals surface area contributed by atoms with Crippen LogP contribution in [0.4, 0.5) is 17.2 Å². The van der Waals surface area contributed by atoms with Gasteiger partial charge in [-0.05, 0) is 38.1 Å². The van der Waals surface area contributed by atoms with Crippen LogP contribution in [0, 0.1) is 6.92 Å². The molecule has 1 aliphatic heterocycles. The van der Waals surface area contributed by atoms with Crippen molar-refractivity contribution in [2.24, 2.45) is 4.99 Å². The number of hydrogen-bond donors (Lipinski definition) is 3. The van der Waals surface area contributed by atoms with E-state index in [0.717, 1.165) is 11.3 Å². The van der Waals surface area contributed by atoms with Crippen molar-refractivity contribution in [1.82, 2.24) is 9.97 Å². The van der Waals surface area contributed by atoms with E-state index in [1.54, 1.807) is 11.8 Å². The summed E-state index contributed by atoms with van der Waals surface area (Å²) in [5.74, 6) is 0.401. The molecule has 0 saturated carbocycles. The van der Waals surface area contributed by atoms with E-state index in [1.165, 1.54) is 18.1 Å². The second-order valence-electron chi connectivity index (χ2n) is 6.99. The number of aryl methyl sites for hydroxylation is 1. The summed E-state index contributed by atoms with van der Waals surface area (Å²) in [6.07, 6.45) is 1.44. The number of nitrogens with one attached hydrogen (secondary N) is 2. The number of rotatable bonds is 4. The van der Waals surface area contributed by atoms with Gasteiger partial charge in [0.15, 0.2) is 22.4 Å². The second kappa shape index (κ2) is 7.73. The molecule has 0 radical (unpaired) electrons. The maximum Gasteiger partial charge on any atom is 0.276 e. The third-order valence-electron chi connectivity index (χ3n) is 4.52. The Morgan fingerprint density at radius 1 is 1.24 bits per heavy atom. The van der Waals surface area contributed by atoms with Gasteiger partial charge in [0.2, 0.25) is 0 Å². The van der Waals surface area contributed by atoms with Gasteiger partial charge < -0.3 is 15.4 Å². The average molecular weight is 407 g/mol. The van der Waals surface area contributed by atoms with Crippen LogP contribution >= 0.6 is 11.8 Å². The number of H-pyrrole nitrogens is 1. The largest absolute Gasteiger partial charge is 0.370 e. The Morgan fingerprint density at radius 2 is 1.97 bits per heavy atom. The lowest BCUT2D eigenvalue weighted by Gasteiger charge is -2.30. The van der Waals surface area contributed by atoms with E-state index in [4.69, 9.17) is 0 Å². The minimum atomic E-state index is -1.09. The monoisotopic (exact) mass is 407 g/mol. The highest BCUT2D eigenvalue weighted by Gasteiger charge is 2.40. The summed E-state index contributed by atoms with van der Waals surface area (Å²) in [6, 6.07) is 17.1. The Hall–Kier alpha value is -3.10. The molecule has 29 heavy (non-hydrogen) atoms. The number of thioether (sulfide) groups is 1. The number of carbonyl (C=O) groups excluding carboxylic acids is 1. The van der Waals surface area contributed by atoms with Crippen molar-refractivity contribution in [3.63, 3.8) is 0 Å². The van der Waals surface area contributed by atoms with Crippen LogP contribution < -0.4 is 10.2 Å². The van der Waals surface area contributed by atoms with Gasteiger partial charge in [-0.2, -0.15) is 0 Å². The van der Waals surface area contributed by atoms with Crippen LogP contribution in [0.5, 0.6) is 0 Å². The number of anilines is 2. The lowest BCUT2D eigenvalue weighted by atomic mass is 10.2. The van der Waals surface area contributed by atoms with Crippen LogP contribution in [0.15, 0.2) is 65.9 Å². The van der Waals surface area contributed by atoms with Crippen LogP contribution in [0.2, 0.25) is 0 Å². The molecule has 2 aromatic carbocycles. The fraction of sp³-hybridized carbons (Fsp3) is 0.190. The van der Waals surface area contributed by atoms with Gasteiger partial charge >= 0.3 is 0 Å². The fourth-order valence-electron chi connectivity index (χ4n) is 3.04. The first-order valence-electron chi connectivity index (χ1n) is 9.14. The number of aromatic amines is 1. The summed E-state index contributed by atoms with van der Waals surface area (Å²) in [6.45, 7) is 3.73. The SMILES string of the molecule is Cc1ccc(NC(=O)c2[nH]cnc2N=C2SC[C@](C)(O)N2c2ccccc2)cc1. The number of carbonyl (C=O) groups is 1. The number of para-hydroxylation sites is 1. The van der Waals surface area contributed by atoms with Crippen LogP contribution in [0.3, 0.4) is 0 Å². The number of aliphatic imine (C=N–C) groups is 1. The van der Waals surface area contributed by atoms with Gasteiger partial charge in [0.1, 0.15) is 0 Å². The average Bonchev–Trinajstić information content (AvgIpc) is 3.28. The summed E-state index contributed by atoms with van der Waals surface area (Å²) in [7, 11) is 0. The minimum Gasteiger partial charge on any atom is -0.370 e. The molecule has 2 heterocycles. The molecule has 1 fully saturated rings. The van der Waals surface area contributed by atoms with Crippen molar-refractivity contribution >= 4 is 40.0 Å². The van der Waals surface area contributed by atoms with E-state index in [-0.39, 0.29) is 17.4 Å². The van der Waals surface area contributed by atoms with Crippen LogP contribution in [-0.4, -0.2) is 37.6 Å².